The molecule has 2 saturated heterocycles. The summed E-state index contributed by atoms with van der Waals surface area (Å²) in [4.78, 5) is 39.0. The minimum absolute atomic E-state index is 0.0817. The maximum Gasteiger partial charge on any atom is 0.319 e. The van der Waals surface area contributed by atoms with Crippen molar-refractivity contribution in [1.82, 2.24) is 33.7 Å². The van der Waals surface area contributed by atoms with E-state index >= 15 is 0 Å². The molecule has 2 aromatic carbocycles. The number of nitrogens with zero attached hydrogens (tertiary/aromatic N) is 7. The Bertz CT molecular complexity index is 1580. The number of piperazine rings is 1. The zero-order chi connectivity index (χ0) is 29.4. The minimum Gasteiger partial charge on any atom is -0.336 e. The summed E-state index contributed by atoms with van der Waals surface area (Å²) in [5.74, 6) is 1.49. The molecule has 2 aromatic heterocycles. The Morgan fingerprint density at radius 1 is 0.905 bits per heavy atom. The maximum absolute atomic E-state index is 14.2. The second-order valence-corrected chi connectivity index (χ2v) is 12.0. The van der Waals surface area contributed by atoms with Crippen molar-refractivity contribution in [3.8, 4) is 16.9 Å². The smallest absolute Gasteiger partial charge is 0.319 e. The van der Waals surface area contributed by atoms with E-state index in [9.17, 15) is 9.59 Å². The van der Waals surface area contributed by atoms with Gasteiger partial charge < -0.3 is 28.7 Å². The molecule has 0 unspecified atom stereocenters. The van der Waals surface area contributed by atoms with Gasteiger partial charge >= 0.3 is 6.03 Å². The van der Waals surface area contributed by atoms with Gasteiger partial charge in [0.05, 0.1) is 18.1 Å². The lowest BCUT2D eigenvalue weighted by Gasteiger charge is -2.34. The van der Waals surface area contributed by atoms with Crippen LogP contribution in [0.3, 0.4) is 0 Å². The number of carbonyl (C=O) groups is 2. The molecule has 0 atom stereocenters. The van der Waals surface area contributed by atoms with Crippen LogP contribution in [0, 0.1) is 12.8 Å². The van der Waals surface area contributed by atoms with Crippen LogP contribution in [0.5, 0.6) is 0 Å². The average molecular weight is 568 g/mol. The van der Waals surface area contributed by atoms with E-state index in [2.05, 4.69) is 81.7 Å². The predicted molar refractivity (Wildman–Crippen MR) is 166 cm³/mol. The summed E-state index contributed by atoms with van der Waals surface area (Å²) in [5.41, 5.74) is 3.71. The van der Waals surface area contributed by atoms with Crippen molar-refractivity contribution in [3.63, 3.8) is 0 Å². The van der Waals surface area contributed by atoms with Crippen molar-refractivity contribution in [2.24, 2.45) is 5.92 Å². The topological polar surface area (TPSA) is 69.9 Å². The quantitative estimate of drug-likeness (QED) is 0.354. The first-order chi connectivity index (χ1) is 20.3. The molecule has 220 valence electrons. The Hall–Kier alpha value is -4.11. The number of likely N-dealkylation sites (tertiary alicyclic amines) is 1. The third kappa shape index (κ3) is 5.29. The summed E-state index contributed by atoms with van der Waals surface area (Å²) in [5, 5.41) is 2.29. The number of carbonyl (C=O) groups excluding carboxylic acids is 2. The van der Waals surface area contributed by atoms with Gasteiger partial charge in [-0.25, -0.2) is 9.78 Å². The SMILES string of the molecule is Cc1c(C(=O)N2CCN(C)CC2)c(-c2cccc3ccccc23)cn1-c1cncn1CC1CCN(C(=O)N(C)C)CC1. The summed E-state index contributed by atoms with van der Waals surface area (Å²) < 4.78 is 4.36. The van der Waals surface area contributed by atoms with Gasteiger partial charge in [-0.3, -0.25) is 4.79 Å². The molecule has 9 nitrogen and oxygen atoms in total. The fourth-order valence-corrected chi connectivity index (χ4v) is 6.47. The molecule has 3 amide bonds. The van der Waals surface area contributed by atoms with Crippen LogP contribution in [0.2, 0.25) is 0 Å². The Kier molecular flexibility index (Phi) is 7.77. The van der Waals surface area contributed by atoms with E-state index in [-0.39, 0.29) is 11.9 Å². The standard InChI is InChI=1S/C33H41N7O2/c1-24-31(32(41)37-18-16-36(4)17-19-37)29(28-11-7-9-26-8-5-6-10-27(26)28)22-40(24)30-20-34-23-39(30)21-25-12-14-38(15-13-25)33(42)35(2)3/h5-11,20,22-23,25H,12-19,21H2,1-4H3. The molecule has 2 aliphatic rings. The van der Waals surface area contributed by atoms with Crippen LogP contribution >= 0.6 is 0 Å². The lowest BCUT2D eigenvalue weighted by Crippen LogP contribution is -2.47. The van der Waals surface area contributed by atoms with Gasteiger partial charge in [-0.15, -0.1) is 0 Å². The predicted octanol–water partition coefficient (Wildman–Crippen LogP) is 4.58. The number of imidazole rings is 1. The van der Waals surface area contributed by atoms with Crippen LogP contribution in [0.25, 0.3) is 27.7 Å². The lowest BCUT2D eigenvalue weighted by atomic mass is 9.96. The first-order valence-corrected chi connectivity index (χ1v) is 15.0. The number of hydrogen-bond donors (Lipinski definition) is 0. The fraction of sp³-hybridized carbons (Fsp3) is 0.424. The number of fused-ring (bicyclic) bond motifs is 1. The van der Waals surface area contributed by atoms with Crippen molar-refractivity contribution in [3.05, 3.63) is 72.4 Å². The number of aromatic nitrogens is 3. The number of likely N-dealkylation sites (N-methyl/N-ethyl adjacent to an activating group) is 1. The molecular formula is C33H41N7O2. The number of rotatable bonds is 5. The molecule has 2 fully saturated rings. The summed E-state index contributed by atoms with van der Waals surface area (Å²) in [6, 6.07) is 14.8. The largest absolute Gasteiger partial charge is 0.336 e. The molecule has 2 aliphatic heterocycles. The van der Waals surface area contributed by atoms with E-state index in [1.165, 1.54) is 0 Å². The first kappa shape index (κ1) is 28.0. The number of urea groups is 1. The molecule has 9 heteroatoms. The average Bonchev–Trinajstić information content (AvgIpc) is 3.60. The van der Waals surface area contributed by atoms with Gasteiger partial charge in [0, 0.05) is 77.4 Å². The highest BCUT2D eigenvalue weighted by Crippen LogP contribution is 2.36. The Labute approximate surface area is 247 Å². The number of piperidine rings is 1. The highest BCUT2D eigenvalue weighted by Gasteiger charge is 2.29. The molecule has 0 bridgehead atoms. The van der Waals surface area contributed by atoms with Gasteiger partial charge in [0.15, 0.2) is 0 Å². The highest BCUT2D eigenvalue weighted by molar-refractivity contribution is 6.07. The van der Waals surface area contributed by atoms with Gasteiger partial charge in [0.1, 0.15) is 5.82 Å². The molecule has 0 saturated carbocycles. The van der Waals surface area contributed by atoms with Gasteiger partial charge in [-0.1, -0.05) is 42.5 Å². The molecule has 6 rings (SSSR count). The van der Waals surface area contributed by atoms with E-state index in [1.54, 1.807) is 19.0 Å². The molecule has 0 radical (unpaired) electrons. The Balaban J connectivity index is 1.36. The van der Waals surface area contributed by atoms with Gasteiger partial charge in [-0.05, 0) is 49.1 Å². The van der Waals surface area contributed by atoms with Gasteiger partial charge in [0.25, 0.3) is 5.91 Å². The van der Waals surface area contributed by atoms with Crippen LogP contribution in [0.4, 0.5) is 4.79 Å². The summed E-state index contributed by atoms with van der Waals surface area (Å²) in [6.07, 6.45) is 7.83. The van der Waals surface area contributed by atoms with E-state index in [0.29, 0.717) is 5.92 Å². The zero-order valence-corrected chi connectivity index (χ0v) is 25.2. The van der Waals surface area contributed by atoms with Crippen LogP contribution in [0.1, 0.15) is 28.9 Å². The van der Waals surface area contributed by atoms with Gasteiger partial charge in [-0.2, -0.15) is 0 Å². The third-order valence-corrected chi connectivity index (χ3v) is 8.99. The van der Waals surface area contributed by atoms with Crippen molar-refractivity contribution < 1.29 is 9.59 Å². The number of amides is 3. The molecule has 0 N–H and O–H groups in total. The van der Waals surface area contributed by atoms with Crippen molar-refractivity contribution in [2.75, 3.05) is 60.4 Å². The van der Waals surface area contributed by atoms with Crippen LogP contribution in [-0.2, 0) is 6.54 Å². The fourth-order valence-electron chi connectivity index (χ4n) is 6.47. The molecule has 0 aliphatic carbocycles. The van der Waals surface area contributed by atoms with Crippen molar-refractivity contribution in [1.29, 1.82) is 0 Å². The second-order valence-electron chi connectivity index (χ2n) is 12.0. The minimum atomic E-state index is 0.0817. The number of benzene rings is 2. The number of hydrogen-bond acceptors (Lipinski definition) is 4. The summed E-state index contributed by atoms with van der Waals surface area (Å²) in [6.45, 7) is 7.61. The highest BCUT2D eigenvalue weighted by atomic mass is 16.2. The lowest BCUT2D eigenvalue weighted by molar-refractivity contribution is 0.0664. The first-order valence-electron chi connectivity index (χ1n) is 15.0. The van der Waals surface area contributed by atoms with E-state index in [4.69, 9.17) is 0 Å². The maximum atomic E-state index is 14.2. The normalized spacial score (nSPS) is 16.8. The molecule has 4 heterocycles. The van der Waals surface area contributed by atoms with Crippen molar-refractivity contribution in [2.45, 2.75) is 26.3 Å². The van der Waals surface area contributed by atoms with E-state index in [1.807, 2.05) is 22.3 Å². The Morgan fingerprint density at radius 3 is 2.36 bits per heavy atom. The van der Waals surface area contributed by atoms with Crippen LogP contribution in [0.15, 0.2) is 61.2 Å². The Morgan fingerprint density at radius 2 is 1.62 bits per heavy atom. The summed E-state index contributed by atoms with van der Waals surface area (Å²) in [7, 11) is 5.72. The van der Waals surface area contributed by atoms with Crippen LogP contribution in [-0.4, -0.2) is 106 Å². The van der Waals surface area contributed by atoms with Crippen LogP contribution < -0.4 is 0 Å². The monoisotopic (exact) mass is 567 g/mol. The molecule has 4 aromatic rings. The van der Waals surface area contributed by atoms with E-state index in [0.717, 1.165) is 97.6 Å². The molecule has 42 heavy (non-hydrogen) atoms. The van der Waals surface area contributed by atoms with Crippen molar-refractivity contribution >= 4 is 22.7 Å². The second kappa shape index (κ2) is 11.6. The third-order valence-electron chi connectivity index (χ3n) is 8.99. The van der Waals surface area contributed by atoms with E-state index < -0.39 is 0 Å². The molecule has 0 spiro atoms. The zero-order valence-electron chi connectivity index (χ0n) is 25.2. The summed E-state index contributed by atoms with van der Waals surface area (Å²) >= 11 is 0. The molecular weight excluding hydrogens is 526 g/mol. The van der Waals surface area contributed by atoms with Gasteiger partial charge in [0.2, 0.25) is 0 Å².